The molecule has 4 nitrogen and oxygen atoms in total. The van der Waals surface area contributed by atoms with Gasteiger partial charge in [-0.15, -0.1) is 0 Å². The Balaban J connectivity index is 2.19. The van der Waals surface area contributed by atoms with Gasteiger partial charge in [0, 0.05) is 24.2 Å². The molecular weight excluding hydrogens is 290 g/mol. The van der Waals surface area contributed by atoms with Crippen LogP contribution in [-0.2, 0) is 6.54 Å². The molecule has 6 heteroatoms. The molecule has 0 heterocycles. The summed E-state index contributed by atoms with van der Waals surface area (Å²) in [6.45, 7) is 2.17. The van der Waals surface area contributed by atoms with Gasteiger partial charge in [-0.05, 0) is 31.7 Å². The Morgan fingerprint density at radius 1 is 1.18 bits per heavy atom. The third-order valence-electron chi connectivity index (χ3n) is 3.70. The fourth-order valence-corrected chi connectivity index (χ4v) is 2.25. The van der Waals surface area contributed by atoms with E-state index in [-0.39, 0.29) is 11.7 Å². The second-order valence-corrected chi connectivity index (χ2v) is 5.15. The zero-order valence-electron chi connectivity index (χ0n) is 12.3. The number of halogens is 2. The van der Waals surface area contributed by atoms with Crippen LogP contribution in [0.5, 0.6) is 0 Å². The molecule has 0 bridgehead atoms. The van der Waals surface area contributed by atoms with Crippen LogP contribution in [-0.4, -0.2) is 16.9 Å². The van der Waals surface area contributed by atoms with Gasteiger partial charge in [0.1, 0.15) is 0 Å². The van der Waals surface area contributed by atoms with Crippen molar-refractivity contribution in [1.29, 1.82) is 0 Å². The van der Waals surface area contributed by atoms with Crippen LogP contribution < -0.4 is 0 Å². The zero-order chi connectivity index (χ0) is 16.3. The van der Waals surface area contributed by atoms with Crippen LogP contribution in [0, 0.1) is 21.7 Å². The number of hydrogen-bond donors (Lipinski definition) is 0. The number of rotatable bonds is 5. The number of nitro benzene ring substituents is 1. The Morgan fingerprint density at radius 2 is 1.86 bits per heavy atom. The highest BCUT2D eigenvalue weighted by molar-refractivity contribution is 5.39. The first kappa shape index (κ1) is 16.0. The van der Waals surface area contributed by atoms with Crippen molar-refractivity contribution in [3.05, 3.63) is 75.3 Å². The molecular formula is C16H16F2N2O2. The fourth-order valence-electron chi connectivity index (χ4n) is 2.25. The smallest absolute Gasteiger partial charge is 0.273 e. The number of nitrogens with zero attached hydrogens (tertiary/aromatic N) is 2. The van der Waals surface area contributed by atoms with E-state index < -0.39 is 16.6 Å². The Hall–Kier alpha value is -2.34. The van der Waals surface area contributed by atoms with Crippen molar-refractivity contribution < 1.29 is 13.7 Å². The summed E-state index contributed by atoms with van der Waals surface area (Å²) < 4.78 is 26.3. The molecule has 0 saturated carbocycles. The van der Waals surface area contributed by atoms with E-state index in [1.54, 1.807) is 25.2 Å². The van der Waals surface area contributed by atoms with E-state index in [9.17, 15) is 18.9 Å². The largest absolute Gasteiger partial charge is 0.295 e. The fraction of sp³-hybridized carbons (Fsp3) is 0.250. The van der Waals surface area contributed by atoms with Crippen molar-refractivity contribution in [2.45, 2.75) is 19.5 Å². The van der Waals surface area contributed by atoms with Crippen molar-refractivity contribution in [3.8, 4) is 0 Å². The topological polar surface area (TPSA) is 46.4 Å². The van der Waals surface area contributed by atoms with Gasteiger partial charge in [0.15, 0.2) is 11.6 Å². The van der Waals surface area contributed by atoms with Crippen molar-refractivity contribution in [3.63, 3.8) is 0 Å². The zero-order valence-corrected chi connectivity index (χ0v) is 12.3. The van der Waals surface area contributed by atoms with Gasteiger partial charge in [0.05, 0.1) is 4.92 Å². The number of nitro groups is 1. The molecule has 0 aromatic heterocycles. The second-order valence-electron chi connectivity index (χ2n) is 5.15. The summed E-state index contributed by atoms with van der Waals surface area (Å²) in [7, 11) is 1.78. The van der Waals surface area contributed by atoms with Gasteiger partial charge in [-0.25, -0.2) is 8.78 Å². The molecule has 2 aromatic rings. The molecule has 0 aliphatic heterocycles. The van der Waals surface area contributed by atoms with Crippen LogP contribution in [0.1, 0.15) is 24.1 Å². The summed E-state index contributed by atoms with van der Waals surface area (Å²) in [4.78, 5) is 12.4. The molecule has 0 amide bonds. The molecule has 0 aliphatic rings. The molecule has 0 fully saturated rings. The van der Waals surface area contributed by atoms with Crippen molar-refractivity contribution in [2.24, 2.45) is 0 Å². The predicted octanol–water partition coefficient (Wildman–Crippen LogP) is 4.07. The standard InChI is InChI=1S/C16H16F2N2O2/c1-11(12-7-8-14(17)15(18)9-12)19(2)10-13-5-3-4-6-16(13)20(21)22/h3-9,11H,10H2,1-2H3. The highest BCUT2D eigenvalue weighted by Gasteiger charge is 2.18. The van der Waals surface area contributed by atoms with E-state index in [0.717, 1.165) is 12.1 Å². The molecule has 0 spiro atoms. The summed E-state index contributed by atoms with van der Waals surface area (Å²) in [6, 6.07) is 10.0. The Labute approximate surface area is 127 Å². The van der Waals surface area contributed by atoms with E-state index in [4.69, 9.17) is 0 Å². The van der Waals surface area contributed by atoms with Crippen molar-refractivity contribution in [1.82, 2.24) is 4.90 Å². The third kappa shape index (κ3) is 3.46. The molecule has 2 rings (SSSR count). The van der Waals surface area contributed by atoms with Gasteiger partial charge in [-0.2, -0.15) is 0 Å². The molecule has 0 radical (unpaired) electrons. The summed E-state index contributed by atoms with van der Waals surface area (Å²) in [6.07, 6.45) is 0. The van der Waals surface area contributed by atoms with E-state index in [2.05, 4.69) is 0 Å². The summed E-state index contributed by atoms with van der Waals surface area (Å²) in [5.74, 6) is -1.79. The maximum Gasteiger partial charge on any atom is 0.273 e. The summed E-state index contributed by atoms with van der Waals surface area (Å²) in [5.41, 5.74) is 1.23. The van der Waals surface area contributed by atoms with E-state index in [1.807, 2.05) is 11.8 Å². The first-order valence-corrected chi connectivity index (χ1v) is 6.77. The monoisotopic (exact) mass is 306 g/mol. The first-order chi connectivity index (χ1) is 10.4. The Kier molecular flexibility index (Phi) is 4.82. The van der Waals surface area contributed by atoms with E-state index in [1.165, 1.54) is 12.1 Å². The molecule has 0 aliphatic carbocycles. The van der Waals surface area contributed by atoms with Crippen molar-refractivity contribution in [2.75, 3.05) is 7.05 Å². The highest BCUT2D eigenvalue weighted by atomic mass is 19.2. The first-order valence-electron chi connectivity index (χ1n) is 6.77. The molecule has 0 N–H and O–H groups in total. The minimum Gasteiger partial charge on any atom is -0.295 e. The van der Waals surface area contributed by atoms with Crippen LogP contribution in [0.15, 0.2) is 42.5 Å². The van der Waals surface area contributed by atoms with Gasteiger partial charge >= 0.3 is 0 Å². The number of hydrogen-bond acceptors (Lipinski definition) is 3. The molecule has 22 heavy (non-hydrogen) atoms. The van der Waals surface area contributed by atoms with Crippen LogP contribution >= 0.6 is 0 Å². The van der Waals surface area contributed by atoms with Crippen LogP contribution in [0.3, 0.4) is 0 Å². The molecule has 116 valence electrons. The van der Waals surface area contributed by atoms with Crippen LogP contribution in [0.25, 0.3) is 0 Å². The van der Waals surface area contributed by atoms with E-state index in [0.29, 0.717) is 17.7 Å². The molecule has 1 unspecified atom stereocenters. The average molecular weight is 306 g/mol. The summed E-state index contributed by atoms with van der Waals surface area (Å²) >= 11 is 0. The minimum absolute atomic E-state index is 0.0480. The normalized spacial score (nSPS) is 12.4. The van der Waals surface area contributed by atoms with Gasteiger partial charge in [0.25, 0.3) is 5.69 Å². The number of para-hydroxylation sites is 1. The Morgan fingerprint density at radius 3 is 2.50 bits per heavy atom. The summed E-state index contributed by atoms with van der Waals surface area (Å²) in [5, 5.41) is 11.0. The van der Waals surface area contributed by atoms with Crippen LogP contribution in [0.2, 0.25) is 0 Å². The van der Waals surface area contributed by atoms with Gasteiger partial charge in [-0.1, -0.05) is 24.3 Å². The third-order valence-corrected chi connectivity index (χ3v) is 3.70. The average Bonchev–Trinajstić information content (AvgIpc) is 2.49. The predicted molar refractivity (Wildman–Crippen MR) is 79.3 cm³/mol. The lowest BCUT2D eigenvalue weighted by Crippen LogP contribution is -2.22. The number of benzene rings is 2. The highest BCUT2D eigenvalue weighted by Crippen LogP contribution is 2.25. The molecule has 2 aromatic carbocycles. The maximum absolute atomic E-state index is 13.3. The lowest BCUT2D eigenvalue weighted by Gasteiger charge is -2.25. The van der Waals surface area contributed by atoms with Gasteiger partial charge in [-0.3, -0.25) is 15.0 Å². The van der Waals surface area contributed by atoms with Gasteiger partial charge in [0.2, 0.25) is 0 Å². The molecule has 1 atom stereocenters. The van der Waals surface area contributed by atoms with Crippen LogP contribution in [0.4, 0.5) is 14.5 Å². The SMILES string of the molecule is CC(c1ccc(F)c(F)c1)N(C)Cc1ccccc1[N+](=O)[O-]. The van der Waals surface area contributed by atoms with E-state index >= 15 is 0 Å². The minimum atomic E-state index is -0.900. The second kappa shape index (κ2) is 6.62. The lowest BCUT2D eigenvalue weighted by molar-refractivity contribution is -0.385. The van der Waals surface area contributed by atoms with Crippen molar-refractivity contribution >= 4 is 5.69 Å². The maximum atomic E-state index is 13.3. The lowest BCUT2D eigenvalue weighted by atomic mass is 10.1. The quantitative estimate of drug-likeness (QED) is 0.618. The molecule has 0 saturated heterocycles. The van der Waals surface area contributed by atoms with Gasteiger partial charge < -0.3 is 0 Å². The Bertz CT molecular complexity index is 692.